The third-order valence-electron chi connectivity index (χ3n) is 3.85. The molecule has 0 bridgehead atoms. The van der Waals surface area contributed by atoms with Crippen LogP contribution in [0.3, 0.4) is 0 Å². The SMILES string of the molecule is CCCCCCCCC(=O)c1ccc(CCCC)cc1. The van der Waals surface area contributed by atoms with E-state index in [0.717, 1.165) is 18.4 Å². The molecule has 112 valence electrons. The van der Waals surface area contributed by atoms with Gasteiger partial charge in [-0.1, -0.05) is 76.6 Å². The average Bonchev–Trinajstić information content (AvgIpc) is 2.49. The molecule has 0 amide bonds. The summed E-state index contributed by atoms with van der Waals surface area (Å²) < 4.78 is 0. The smallest absolute Gasteiger partial charge is 0.162 e. The highest BCUT2D eigenvalue weighted by molar-refractivity contribution is 5.96. The molecule has 0 aromatic heterocycles. The van der Waals surface area contributed by atoms with E-state index < -0.39 is 0 Å². The molecule has 0 aliphatic rings. The highest BCUT2D eigenvalue weighted by atomic mass is 16.1. The lowest BCUT2D eigenvalue weighted by Crippen LogP contribution is -1.99. The van der Waals surface area contributed by atoms with Gasteiger partial charge < -0.3 is 0 Å². The van der Waals surface area contributed by atoms with Crippen LogP contribution in [0, 0.1) is 0 Å². The molecule has 0 saturated heterocycles. The first kappa shape index (κ1) is 16.9. The summed E-state index contributed by atoms with van der Waals surface area (Å²) in [7, 11) is 0. The van der Waals surface area contributed by atoms with Crippen molar-refractivity contribution >= 4 is 5.78 Å². The molecule has 1 aromatic rings. The minimum Gasteiger partial charge on any atom is -0.294 e. The summed E-state index contributed by atoms with van der Waals surface area (Å²) >= 11 is 0. The lowest BCUT2D eigenvalue weighted by atomic mass is 10.0. The summed E-state index contributed by atoms with van der Waals surface area (Å²) in [5.41, 5.74) is 2.24. The highest BCUT2D eigenvalue weighted by Crippen LogP contribution is 2.13. The second-order valence-electron chi connectivity index (χ2n) is 5.74. The molecule has 0 unspecified atom stereocenters. The largest absolute Gasteiger partial charge is 0.294 e. The maximum absolute atomic E-state index is 12.1. The van der Waals surface area contributed by atoms with Crippen LogP contribution >= 0.6 is 0 Å². The predicted molar refractivity (Wildman–Crippen MR) is 87.4 cm³/mol. The van der Waals surface area contributed by atoms with Crippen molar-refractivity contribution in [3.8, 4) is 0 Å². The number of benzene rings is 1. The maximum Gasteiger partial charge on any atom is 0.162 e. The molecular weight excluding hydrogens is 244 g/mol. The van der Waals surface area contributed by atoms with Gasteiger partial charge in [-0.15, -0.1) is 0 Å². The quantitative estimate of drug-likeness (QED) is 0.359. The Bertz CT molecular complexity index is 364. The van der Waals surface area contributed by atoms with Crippen molar-refractivity contribution in [3.05, 3.63) is 35.4 Å². The molecular formula is C19H30O. The first-order valence-corrected chi connectivity index (χ1v) is 8.40. The van der Waals surface area contributed by atoms with E-state index in [-0.39, 0.29) is 0 Å². The van der Waals surface area contributed by atoms with E-state index in [9.17, 15) is 4.79 Å². The van der Waals surface area contributed by atoms with Gasteiger partial charge in [0.1, 0.15) is 0 Å². The molecule has 0 aliphatic carbocycles. The van der Waals surface area contributed by atoms with Crippen LogP contribution in [0.2, 0.25) is 0 Å². The Morgan fingerprint density at radius 2 is 1.40 bits per heavy atom. The third-order valence-corrected chi connectivity index (χ3v) is 3.85. The zero-order chi connectivity index (χ0) is 14.6. The van der Waals surface area contributed by atoms with Crippen molar-refractivity contribution in [2.75, 3.05) is 0 Å². The first-order chi connectivity index (χ1) is 9.77. The Hall–Kier alpha value is -1.11. The zero-order valence-electron chi connectivity index (χ0n) is 13.3. The lowest BCUT2D eigenvalue weighted by molar-refractivity contribution is 0.0979. The minimum absolute atomic E-state index is 0.308. The normalized spacial score (nSPS) is 10.7. The van der Waals surface area contributed by atoms with Crippen molar-refractivity contribution in [2.24, 2.45) is 0 Å². The number of hydrogen-bond donors (Lipinski definition) is 0. The fraction of sp³-hybridized carbons (Fsp3) is 0.632. The van der Waals surface area contributed by atoms with E-state index in [2.05, 4.69) is 26.0 Å². The fourth-order valence-corrected chi connectivity index (χ4v) is 2.45. The summed E-state index contributed by atoms with van der Waals surface area (Å²) in [6.45, 7) is 4.44. The molecule has 20 heavy (non-hydrogen) atoms. The molecule has 0 N–H and O–H groups in total. The van der Waals surface area contributed by atoms with Crippen LogP contribution in [0.25, 0.3) is 0 Å². The van der Waals surface area contributed by atoms with E-state index in [4.69, 9.17) is 0 Å². The summed E-state index contributed by atoms with van der Waals surface area (Å²) in [6.07, 6.45) is 11.7. The molecule has 0 aliphatic heterocycles. The van der Waals surface area contributed by atoms with Gasteiger partial charge >= 0.3 is 0 Å². The highest BCUT2D eigenvalue weighted by Gasteiger charge is 2.05. The maximum atomic E-state index is 12.1. The van der Waals surface area contributed by atoms with E-state index in [1.54, 1.807) is 0 Å². The Balaban J connectivity index is 2.25. The van der Waals surface area contributed by atoms with Crippen LogP contribution in [0.1, 0.15) is 87.6 Å². The second-order valence-corrected chi connectivity index (χ2v) is 5.74. The summed E-state index contributed by atoms with van der Waals surface area (Å²) in [6, 6.07) is 8.24. The molecule has 0 atom stereocenters. The van der Waals surface area contributed by atoms with Crippen molar-refractivity contribution in [3.63, 3.8) is 0 Å². The van der Waals surface area contributed by atoms with E-state index in [1.807, 2.05) is 12.1 Å². The van der Waals surface area contributed by atoms with Gasteiger partial charge in [0.05, 0.1) is 0 Å². The molecule has 1 rings (SSSR count). The first-order valence-electron chi connectivity index (χ1n) is 8.40. The standard InChI is InChI=1S/C19H30O/c1-3-5-7-8-9-10-12-19(20)18-15-13-17(14-16-18)11-6-4-2/h13-16H,3-12H2,1-2H3. The summed E-state index contributed by atoms with van der Waals surface area (Å²) in [5.74, 6) is 0.308. The number of Topliss-reactive ketones (excluding diaryl/α,β-unsaturated/α-hetero) is 1. The van der Waals surface area contributed by atoms with Gasteiger partial charge in [0.25, 0.3) is 0 Å². The van der Waals surface area contributed by atoms with Crippen molar-refractivity contribution < 1.29 is 4.79 Å². The van der Waals surface area contributed by atoms with Gasteiger partial charge in [-0.3, -0.25) is 4.79 Å². The van der Waals surface area contributed by atoms with Crippen molar-refractivity contribution in [1.82, 2.24) is 0 Å². The number of hydrogen-bond acceptors (Lipinski definition) is 1. The van der Waals surface area contributed by atoms with Crippen LogP contribution in [-0.2, 0) is 6.42 Å². The van der Waals surface area contributed by atoms with E-state index in [1.165, 1.54) is 50.5 Å². The van der Waals surface area contributed by atoms with Crippen LogP contribution in [0.4, 0.5) is 0 Å². The Morgan fingerprint density at radius 3 is 2.05 bits per heavy atom. The fourth-order valence-electron chi connectivity index (χ4n) is 2.45. The number of unbranched alkanes of at least 4 members (excludes halogenated alkanes) is 6. The Morgan fingerprint density at radius 1 is 0.800 bits per heavy atom. The van der Waals surface area contributed by atoms with Crippen LogP contribution in [0.5, 0.6) is 0 Å². The minimum atomic E-state index is 0.308. The second kappa shape index (κ2) is 10.7. The average molecular weight is 274 g/mol. The molecule has 1 heteroatoms. The molecule has 1 aromatic carbocycles. The predicted octanol–water partition coefficient (Wildman–Crippen LogP) is 5.96. The zero-order valence-corrected chi connectivity index (χ0v) is 13.3. The monoisotopic (exact) mass is 274 g/mol. The summed E-state index contributed by atoms with van der Waals surface area (Å²) in [4.78, 5) is 12.1. The number of aryl methyl sites for hydroxylation is 1. The number of carbonyl (C=O) groups excluding carboxylic acids is 1. The lowest BCUT2D eigenvalue weighted by Gasteiger charge is -2.04. The van der Waals surface area contributed by atoms with Crippen molar-refractivity contribution in [2.45, 2.75) is 78.1 Å². The topological polar surface area (TPSA) is 17.1 Å². The van der Waals surface area contributed by atoms with Gasteiger partial charge in [-0.25, -0.2) is 0 Å². The van der Waals surface area contributed by atoms with E-state index in [0.29, 0.717) is 12.2 Å². The molecule has 1 nitrogen and oxygen atoms in total. The number of rotatable bonds is 11. The summed E-state index contributed by atoms with van der Waals surface area (Å²) in [5, 5.41) is 0. The van der Waals surface area contributed by atoms with Crippen LogP contribution in [-0.4, -0.2) is 5.78 Å². The van der Waals surface area contributed by atoms with Crippen LogP contribution < -0.4 is 0 Å². The van der Waals surface area contributed by atoms with Crippen LogP contribution in [0.15, 0.2) is 24.3 Å². The van der Waals surface area contributed by atoms with Crippen molar-refractivity contribution in [1.29, 1.82) is 0 Å². The number of ketones is 1. The molecule has 0 saturated carbocycles. The molecule has 0 spiro atoms. The molecule has 0 heterocycles. The van der Waals surface area contributed by atoms with Gasteiger partial charge in [0.2, 0.25) is 0 Å². The Labute approximate surface area is 124 Å². The van der Waals surface area contributed by atoms with Gasteiger partial charge in [0.15, 0.2) is 5.78 Å². The third kappa shape index (κ3) is 6.88. The van der Waals surface area contributed by atoms with Gasteiger partial charge in [-0.05, 0) is 24.8 Å². The molecule has 0 fully saturated rings. The van der Waals surface area contributed by atoms with Gasteiger partial charge in [0, 0.05) is 12.0 Å². The van der Waals surface area contributed by atoms with Gasteiger partial charge in [-0.2, -0.15) is 0 Å². The molecule has 0 radical (unpaired) electrons. The van der Waals surface area contributed by atoms with E-state index >= 15 is 0 Å². The number of carbonyl (C=O) groups is 1. The Kier molecular flexibility index (Phi) is 9.02.